The molecule has 2 aliphatic rings. The first-order chi connectivity index (χ1) is 15.6. The molecule has 2 aliphatic heterocycles. The number of hydrogen-bond donors (Lipinski definition) is 3. The number of aromatic nitrogens is 3. The number of hydrogen-bond acceptors (Lipinski definition) is 8. The zero-order valence-electron chi connectivity index (χ0n) is 18.1. The number of pyridine rings is 1. The standard InChI is InChI=1S/C22H29ClN6O3/c1-31-16-6-15(9-24-10-16)22(30)29-20-7-17(18(23)11-27-20)19-12-25-13-21(28-19)26-8-14-2-4-32-5-3-14/h7,11-16,24H,2-6,8-10H2,1H3,(H,26,28)(H,27,29,30)/t15-,16+/m0/s1. The fourth-order valence-corrected chi connectivity index (χ4v) is 4.19. The second kappa shape index (κ2) is 11.0. The normalized spacial score (nSPS) is 21.8. The van der Waals surface area contributed by atoms with Crippen LogP contribution in [0.3, 0.4) is 0 Å². The number of carbonyl (C=O) groups excluding carboxylic acids is 1. The summed E-state index contributed by atoms with van der Waals surface area (Å²) in [7, 11) is 1.66. The molecule has 2 atom stereocenters. The van der Waals surface area contributed by atoms with E-state index >= 15 is 0 Å². The van der Waals surface area contributed by atoms with Crippen LogP contribution in [0.4, 0.5) is 11.6 Å². The third-order valence-electron chi connectivity index (χ3n) is 5.94. The van der Waals surface area contributed by atoms with Gasteiger partial charge in [0.15, 0.2) is 0 Å². The van der Waals surface area contributed by atoms with Crippen LogP contribution in [-0.2, 0) is 14.3 Å². The molecule has 0 unspecified atom stereocenters. The number of ether oxygens (including phenoxy) is 2. The fourth-order valence-electron chi connectivity index (χ4n) is 3.99. The van der Waals surface area contributed by atoms with Gasteiger partial charge >= 0.3 is 0 Å². The summed E-state index contributed by atoms with van der Waals surface area (Å²) in [5.74, 6) is 1.39. The van der Waals surface area contributed by atoms with Gasteiger partial charge in [0.1, 0.15) is 11.6 Å². The van der Waals surface area contributed by atoms with E-state index in [4.69, 9.17) is 21.1 Å². The molecule has 0 saturated carbocycles. The predicted octanol–water partition coefficient (Wildman–Crippen LogP) is 2.59. The maximum atomic E-state index is 12.7. The lowest BCUT2D eigenvalue weighted by atomic mass is 9.96. The van der Waals surface area contributed by atoms with Crippen molar-refractivity contribution in [3.05, 3.63) is 29.7 Å². The smallest absolute Gasteiger partial charge is 0.230 e. The molecule has 4 heterocycles. The van der Waals surface area contributed by atoms with Crippen molar-refractivity contribution in [3.8, 4) is 11.3 Å². The summed E-state index contributed by atoms with van der Waals surface area (Å²) in [5.41, 5.74) is 1.28. The highest BCUT2D eigenvalue weighted by molar-refractivity contribution is 6.33. The molecule has 3 N–H and O–H groups in total. The molecule has 2 aromatic heterocycles. The van der Waals surface area contributed by atoms with Gasteiger partial charge < -0.3 is 25.4 Å². The van der Waals surface area contributed by atoms with Gasteiger partial charge in [-0.1, -0.05) is 11.6 Å². The molecule has 2 fully saturated rings. The highest BCUT2D eigenvalue weighted by Crippen LogP contribution is 2.29. The van der Waals surface area contributed by atoms with Gasteiger partial charge in [0, 0.05) is 51.7 Å². The number of nitrogens with zero attached hydrogens (tertiary/aromatic N) is 3. The Balaban J connectivity index is 1.43. The van der Waals surface area contributed by atoms with E-state index in [1.54, 1.807) is 25.6 Å². The Kier molecular flexibility index (Phi) is 7.85. The Bertz CT molecular complexity index is 924. The topological polar surface area (TPSA) is 110 Å². The molecular weight excluding hydrogens is 432 g/mol. The van der Waals surface area contributed by atoms with Crippen molar-refractivity contribution in [2.75, 3.05) is 50.6 Å². The van der Waals surface area contributed by atoms with Crippen LogP contribution in [0, 0.1) is 11.8 Å². The molecule has 2 aromatic rings. The highest BCUT2D eigenvalue weighted by atomic mass is 35.5. The van der Waals surface area contributed by atoms with E-state index in [-0.39, 0.29) is 17.9 Å². The van der Waals surface area contributed by atoms with Crippen LogP contribution in [0.25, 0.3) is 11.3 Å². The Morgan fingerprint density at radius 1 is 1.25 bits per heavy atom. The monoisotopic (exact) mass is 460 g/mol. The number of nitrogens with one attached hydrogen (secondary N) is 3. The summed E-state index contributed by atoms with van der Waals surface area (Å²) >= 11 is 6.40. The summed E-state index contributed by atoms with van der Waals surface area (Å²) < 4.78 is 10.8. The molecule has 0 bridgehead atoms. The second-order valence-electron chi connectivity index (χ2n) is 8.21. The minimum atomic E-state index is -0.188. The van der Waals surface area contributed by atoms with E-state index in [9.17, 15) is 4.79 Å². The van der Waals surface area contributed by atoms with Crippen molar-refractivity contribution in [2.45, 2.75) is 25.4 Å². The largest absolute Gasteiger partial charge is 0.381 e. The number of halogens is 1. The summed E-state index contributed by atoms with van der Waals surface area (Å²) in [6.07, 6.45) is 7.65. The Hall–Kier alpha value is -2.33. The number of rotatable bonds is 7. The number of carbonyl (C=O) groups is 1. The third-order valence-corrected chi connectivity index (χ3v) is 6.25. The van der Waals surface area contributed by atoms with Crippen molar-refractivity contribution in [3.63, 3.8) is 0 Å². The summed E-state index contributed by atoms with van der Waals surface area (Å²) in [6, 6.07) is 1.73. The van der Waals surface area contributed by atoms with Gasteiger partial charge in [-0.15, -0.1) is 0 Å². The predicted molar refractivity (Wildman–Crippen MR) is 123 cm³/mol. The van der Waals surface area contributed by atoms with E-state index in [1.165, 1.54) is 6.20 Å². The molecule has 2 saturated heterocycles. The minimum absolute atomic E-state index is 0.0277. The lowest BCUT2D eigenvalue weighted by molar-refractivity contribution is -0.121. The zero-order valence-corrected chi connectivity index (χ0v) is 18.9. The molecule has 9 nitrogen and oxygen atoms in total. The van der Waals surface area contributed by atoms with Crippen LogP contribution in [0.1, 0.15) is 19.3 Å². The van der Waals surface area contributed by atoms with Gasteiger partial charge in [-0.3, -0.25) is 9.78 Å². The average Bonchev–Trinajstić information content (AvgIpc) is 2.84. The molecule has 32 heavy (non-hydrogen) atoms. The molecule has 4 rings (SSSR count). The lowest BCUT2D eigenvalue weighted by Gasteiger charge is -2.28. The molecule has 0 aliphatic carbocycles. The van der Waals surface area contributed by atoms with Crippen LogP contribution >= 0.6 is 11.6 Å². The highest BCUT2D eigenvalue weighted by Gasteiger charge is 2.27. The van der Waals surface area contributed by atoms with Gasteiger partial charge in [0.2, 0.25) is 5.91 Å². The number of anilines is 2. The van der Waals surface area contributed by atoms with E-state index in [1.807, 2.05) is 0 Å². The van der Waals surface area contributed by atoms with E-state index in [0.717, 1.165) is 39.1 Å². The van der Waals surface area contributed by atoms with E-state index < -0.39 is 0 Å². The Morgan fingerprint density at radius 3 is 2.91 bits per heavy atom. The molecule has 0 spiro atoms. The fraction of sp³-hybridized carbons (Fsp3) is 0.545. The van der Waals surface area contributed by atoms with Gasteiger partial charge in [-0.05, 0) is 31.2 Å². The van der Waals surface area contributed by atoms with Gasteiger partial charge in [0.05, 0.1) is 35.1 Å². The van der Waals surface area contributed by atoms with Crippen molar-refractivity contribution >= 4 is 29.1 Å². The molecule has 1 amide bonds. The zero-order chi connectivity index (χ0) is 22.3. The van der Waals surface area contributed by atoms with Crippen molar-refractivity contribution < 1.29 is 14.3 Å². The Labute approximate surface area is 192 Å². The maximum Gasteiger partial charge on any atom is 0.230 e. The summed E-state index contributed by atoms with van der Waals surface area (Å²) in [4.78, 5) is 26.0. The lowest BCUT2D eigenvalue weighted by Crippen LogP contribution is -2.44. The minimum Gasteiger partial charge on any atom is -0.381 e. The van der Waals surface area contributed by atoms with Gasteiger partial charge in [-0.2, -0.15) is 0 Å². The van der Waals surface area contributed by atoms with Crippen molar-refractivity contribution in [1.29, 1.82) is 0 Å². The average molecular weight is 461 g/mol. The van der Waals surface area contributed by atoms with E-state index in [0.29, 0.717) is 46.8 Å². The van der Waals surface area contributed by atoms with Crippen LogP contribution in [0.5, 0.6) is 0 Å². The SMILES string of the molecule is CO[C@H]1CNC[C@@H](C(=O)Nc2cc(-c3cncc(NCC4CCOCC4)n3)c(Cl)cn2)C1. The van der Waals surface area contributed by atoms with E-state index in [2.05, 4.69) is 30.9 Å². The molecular formula is C22H29ClN6O3. The third kappa shape index (κ3) is 5.92. The van der Waals surface area contributed by atoms with Crippen molar-refractivity contribution in [1.82, 2.24) is 20.3 Å². The van der Waals surface area contributed by atoms with Gasteiger partial charge in [0.25, 0.3) is 0 Å². The number of amides is 1. The molecule has 0 radical (unpaired) electrons. The molecule has 0 aromatic carbocycles. The van der Waals surface area contributed by atoms with Crippen LogP contribution in [0.15, 0.2) is 24.7 Å². The Morgan fingerprint density at radius 2 is 2.09 bits per heavy atom. The first-order valence-electron chi connectivity index (χ1n) is 11.0. The van der Waals surface area contributed by atoms with Crippen LogP contribution in [0.2, 0.25) is 5.02 Å². The molecule has 172 valence electrons. The van der Waals surface area contributed by atoms with Crippen LogP contribution in [-0.4, -0.2) is 66.9 Å². The molecule has 10 heteroatoms. The van der Waals surface area contributed by atoms with Gasteiger partial charge in [-0.25, -0.2) is 9.97 Å². The number of methoxy groups -OCH3 is 1. The quantitative estimate of drug-likeness (QED) is 0.578. The second-order valence-corrected chi connectivity index (χ2v) is 8.62. The maximum absolute atomic E-state index is 12.7. The summed E-state index contributed by atoms with van der Waals surface area (Å²) in [5, 5.41) is 9.94. The number of piperidine rings is 1. The first kappa shape index (κ1) is 22.8. The first-order valence-corrected chi connectivity index (χ1v) is 11.3. The van der Waals surface area contributed by atoms with Crippen LogP contribution < -0.4 is 16.0 Å². The van der Waals surface area contributed by atoms with Crippen molar-refractivity contribution in [2.24, 2.45) is 11.8 Å². The summed E-state index contributed by atoms with van der Waals surface area (Å²) in [6.45, 7) is 3.80.